The van der Waals surface area contributed by atoms with Gasteiger partial charge in [-0.2, -0.15) is 0 Å². The van der Waals surface area contributed by atoms with Gasteiger partial charge in [-0.15, -0.1) is 37.2 Å². The van der Waals surface area contributed by atoms with Crippen LogP contribution in [0.4, 0.5) is 0 Å². The predicted octanol–water partition coefficient (Wildman–Crippen LogP) is 1.50. The van der Waals surface area contributed by atoms with Gasteiger partial charge in [0.1, 0.15) is 0 Å². The molecule has 27 heavy (non-hydrogen) atoms. The smallest absolute Gasteiger partial charge is 0.227 e. The fraction of sp³-hybridized carbons (Fsp3) is 0.944. The van der Waals surface area contributed by atoms with Crippen LogP contribution in [-0.4, -0.2) is 98.3 Å². The summed E-state index contributed by atoms with van der Waals surface area (Å²) in [4.78, 5) is 19.7. The summed E-state index contributed by atoms with van der Waals surface area (Å²) in [5.74, 6) is 0.563. The van der Waals surface area contributed by atoms with Crippen molar-refractivity contribution in [3.05, 3.63) is 0 Å². The Morgan fingerprint density at radius 2 is 1.81 bits per heavy atom. The minimum atomic E-state index is 0. The summed E-state index contributed by atoms with van der Waals surface area (Å²) in [6.07, 6.45) is 2.49. The third-order valence-corrected chi connectivity index (χ3v) is 5.69. The normalized spacial score (nSPS) is 27.3. The molecule has 162 valence electrons. The van der Waals surface area contributed by atoms with Gasteiger partial charge in [-0.1, -0.05) is 0 Å². The fourth-order valence-electron chi connectivity index (χ4n) is 4.08. The lowest BCUT2D eigenvalue weighted by atomic mass is 9.98. The average molecular weight is 448 g/mol. The molecular weight excluding hydrogens is 411 g/mol. The van der Waals surface area contributed by atoms with Gasteiger partial charge in [0.05, 0.1) is 18.6 Å². The molecule has 0 aromatic carbocycles. The van der Waals surface area contributed by atoms with Crippen LogP contribution < -0.4 is 5.32 Å². The van der Waals surface area contributed by atoms with Crippen LogP contribution in [0.1, 0.15) is 26.7 Å². The molecule has 0 radical (unpaired) electrons. The molecule has 3 aliphatic heterocycles. The van der Waals surface area contributed by atoms with E-state index in [0.29, 0.717) is 18.1 Å². The van der Waals surface area contributed by atoms with Crippen molar-refractivity contribution in [2.24, 2.45) is 5.92 Å². The lowest BCUT2D eigenvalue weighted by Gasteiger charge is -2.41. The molecule has 0 aromatic heterocycles. The molecule has 0 aliphatic carbocycles. The lowest BCUT2D eigenvalue weighted by Crippen LogP contribution is -2.55. The van der Waals surface area contributed by atoms with Gasteiger partial charge in [0.25, 0.3) is 0 Å². The van der Waals surface area contributed by atoms with Crippen LogP contribution in [0.15, 0.2) is 0 Å². The molecule has 2 unspecified atom stereocenters. The largest absolute Gasteiger partial charge is 0.374 e. The van der Waals surface area contributed by atoms with Crippen molar-refractivity contribution in [3.8, 4) is 0 Å². The average Bonchev–Trinajstić information content (AvgIpc) is 2.63. The Bertz CT molecular complexity index is 417. The first-order valence-electron chi connectivity index (χ1n) is 9.71. The number of hydrogen-bond donors (Lipinski definition) is 1. The first-order valence-corrected chi connectivity index (χ1v) is 9.71. The Hall–Kier alpha value is 0.180. The molecule has 0 bridgehead atoms. The van der Waals surface area contributed by atoms with Crippen molar-refractivity contribution in [2.45, 2.75) is 38.8 Å². The molecule has 3 fully saturated rings. The summed E-state index contributed by atoms with van der Waals surface area (Å²) in [5, 5.41) is 3.35. The highest BCUT2D eigenvalue weighted by atomic mass is 35.5. The molecular formula is C18H37Cl3N4O2. The van der Waals surface area contributed by atoms with E-state index < -0.39 is 0 Å². The SMILES string of the molecule is CC(C)N1CCOC(CN2CCN(C(=O)C3CCCNC3)CC2)C1.Cl.Cl.Cl. The Labute approximate surface area is 182 Å². The van der Waals surface area contributed by atoms with Crippen LogP contribution in [0.5, 0.6) is 0 Å². The minimum Gasteiger partial charge on any atom is -0.374 e. The van der Waals surface area contributed by atoms with Crippen molar-refractivity contribution >= 4 is 43.1 Å². The molecule has 9 heteroatoms. The molecule has 0 saturated carbocycles. The molecule has 0 spiro atoms. The summed E-state index contributed by atoms with van der Waals surface area (Å²) < 4.78 is 5.96. The van der Waals surface area contributed by atoms with E-state index in [1.807, 2.05) is 0 Å². The van der Waals surface area contributed by atoms with Crippen LogP contribution in [0, 0.1) is 5.92 Å². The number of hydrogen-bond acceptors (Lipinski definition) is 5. The van der Waals surface area contributed by atoms with Crippen LogP contribution in [0.2, 0.25) is 0 Å². The third kappa shape index (κ3) is 7.84. The second kappa shape index (κ2) is 13.4. The number of nitrogens with one attached hydrogen (secondary N) is 1. The van der Waals surface area contributed by atoms with Gasteiger partial charge in [-0.05, 0) is 33.2 Å². The minimum absolute atomic E-state index is 0. The summed E-state index contributed by atoms with van der Waals surface area (Å²) in [6, 6.07) is 0.593. The number of halogens is 3. The zero-order chi connectivity index (χ0) is 16.9. The Balaban J connectivity index is 0.00000225. The predicted molar refractivity (Wildman–Crippen MR) is 117 cm³/mol. The highest BCUT2D eigenvalue weighted by Gasteiger charge is 2.30. The second-order valence-electron chi connectivity index (χ2n) is 7.75. The van der Waals surface area contributed by atoms with Crippen LogP contribution in [-0.2, 0) is 9.53 Å². The number of nitrogens with zero attached hydrogens (tertiary/aromatic N) is 3. The highest BCUT2D eigenvalue weighted by molar-refractivity contribution is 5.86. The molecule has 1 amide bonds. The van der Waals surface area contributed by atoms with E-state index in [1.54, 1.807) is 0 Å². The van der Waals surface area contributed by atoms with Gasteiger partial charge in [0, 0.05) is 58.4 Å². The molecule has 2 atom stereocenters. The quantitative estimate of drug-likeness (QED) is 0.708. The molecule has 0 aromatic rings. The van der Waals surface area contributed by atoms with Gasteiger partial charge < -0.3 is 15.0 Å². The van der Waals surface area contributed by atoms with Gasteiger partial charge >= 0.3 is 0 Å². The lowest BCUT2D eigenvalue weighted by molar-refractivity contribution is -0.138. The van der Waals surface area contributed by atoms with Crippen LogP contribution in [0.25, 0.3) is 0 Å². The van der Waals surface area contributed by atoms with E-state index in [9.17, 15) is 4.79 Å². The topological polar surface area (TPSA) is 48.1 Å². The first kappa shape index (κ1) is 27.2. The van der Waals surface area contributed by atoms with Crippen molar-refractivity contribution in [2.75, 3.05) is 65.5 Å². The highest BCUT2D eigenvalue weighted by Crippen LogP contribution is 2.16. The molecule has 3 rings (SSSR count). The Morgan fingerprint density at radius 3 is 2.41 bits per heavy atom. The molecule has 3 saturated heterocycles. The maximum atomic E-state index is 12.6. The molecule has 6 nitrogen and oxygen atoms in total. The molecule has 3 aliphatic rings. The van der Waals surface area contributed by atoms with Crippen LogP contribution in [0.3, 0.4) is 0 Å². The van der Waals surface area contributed by atoms with Crippen molar-refractivity contribution in [1.29, 1.82) is 0 Å². The number of piperidine rings is 1. The number of piperazine rings is 1. The number of amides is 1. The van der Waals surface area contributed by atoms with Gasteiger partial charge in [0.15, 0.2) is 0 Å². The standard InChI is InChI=1S/C18H34N4O2.3ClH/c1-15(2)22-10-11-24-17(14-22)13-20-6-8-21(9-7-20)18(23)16-4-3-5-19-12-16;;;/h15-17,19H,3-14H2,1-2H3;3*1H. The molecule has 1 N–H and O–H groups in total. The van der Waals surface area contributed by atoms with E-state index in [1.165, 1.54) is 0 Å². The molecule has 3 heterocycles. The number of rotatable bonds is 4. The monoisotopic (exact) mass is 446 g/mol. The van der Waals surface area contributed by atoms with E-state index in [-0.39, 0.29) is 43.1 Å². The summed E-state index contributed by atoms with van der Waals surface area (Å²) in [7, 11) is 0. The second-order valence-corrected chi connectivity index (χ2v) is 7.75. The van der Waals surface area contributed by atoms with Crippen molar-refractivity contribution in [3.63, 3.8) is 0 Å². The summed E-state index contributed by atoms with van der Waals surface area (Å²) in [6.45, 7) is 14.1. The van der Waals surface area contributed by atoms with Gasteiger partial charge in [-0.3, -0.25) is 14.6 Å². The van der Waals surface area contributed by atoms with E-state index in [4.69, 9.17) is 4.74 Å². The zero-order valence-electron chi connectivity index (χ0n) is 16.6. The van der Waals surface area contributed by atoms with Crippen LogP contribution >= 0.6 is 37.2 Å². The number of carbonyl (C=O) groups is 1. The number of carbonyl (C=O) groups excluding carboxylic acids is 1. The number of morpholine rings is 1. The first-order chi connectivity index (χ1) is 11.6. The fourth-order valence-corrected chi connectivity index (χ4v) is 4.08. The van der Waals surface area contributed by atoms with Crippen molar-refractivity contribution in [1.82, 2.24) is 20.0 Å². The maximum absolute atomic E-state index is 12.6. The summed E-state index contributed by atoms with van der Waals surface area (Å²) >= 11 is 0. The van der Waals surface area contributed by atoms with Gasteiger partial charge in [-0.25, -0.2) is 0 Å². The van der Waals surface area contributed by atoms with E-state index in [2.05, 4.69) is 33.9 Å². The maximum Gasteiger partial charge on any atom is 0.227 e. The van der Waals surface area contributed by atoms with Gasteiger partial charge in [0.2, 0.25) is 5.91 Å². The summed E-state index contributed by atoms with van der Waals surface area (Å²) in [5.41, 5.74) is 0. The third-order valence-electron chi connectivity index (χ3n) is 5.69. The van der Waals surface area contributed by atoms with Crippen molar-refractivity contribution < 1.29 is 9.53 Å². The Kier molecular flexibility index (Phi) is 13.5. The Morgan fingerprint density at radius 1 is 1.11 bits per heavy atom. The van der Waals surface area contributed by atoms with E-state index in [0.717, 1.165) is 78.4 Å². The van der Waals surface area contributed by atoms with E-state index >= 15 is 0 Å². The number of ether oxygens (including phenoxy) is 1. The zero-order valence-corrected chi connectivity index (χ0v) is 19.0.